The molecule has 1 aromatic rings. The number of hydrogen-bond acceptors (Lipinski definition) is 6. The maximum absolute atomic E-state index is 11.2. The van der Waals surface area contributed by atoms with Crippen LogP contribution in [-0.2, 0) is 20.7 Å². The van der Waals surface area contributed by atoms with Crippen LogP contribution in [0.25, 0.3) is 0 Å². The van der Waals surface area contributed by atoms with Gasteiger partial charge in [-0.1, -0.05) is 0 Å². The predicted octanol–water partition coefficient (Wildman–Crippen LogP) is 0.832. The first-order valence-corrected chi connectivity index (χ1v) is 4.93. The lowest BCUT2D eigenvalue weighted by Crippen LogP contribution is -2.03. The normalized spacial score (nSPS) is 9.73. The molecule has 0 spiro atoms. The van der Waals surface area contributed by atoms with Crippen LogP contribution in [-0.4, -0.2) is 26.2 Å². The predicted molar refractivity (Wildman–Crippen MR) is 55.8 cm³/mol. The monoisotopic (exact) mass is 229 g/mol. The molecule has 0 amide bonds. The molecule has 0 unspecified atom stereocenters. The second kappa shape index (κ2) is 4.79. The van der Waals surface area contributed by atoms with Gasteiger partial charge in [0.2, 0.25) is 0 Å². The van der Waals surface area contributed by atoms with E-state index in [1.54, 1.807) is 6.07 Å². The Morgan fingerprint density at radius 3 is 2.60 bits per heavy atom. The summed E-state index contributed by atoms with van der Waals surface area (Å²) in [6.45, 7) is 0. The van der Waals surface area contributed by atoms with Crippen LogP contribution in [0.3, 0.4) is 0 Å². The summed E-state index contributed by atoms with van der Waals surface area (Å²) in [5.41, 5.74) is 5.89. The first kappa shape index (κ1) is 11.5. The largest absolute Gasteiger partial charge is 0.469 e. The van der Waals surface area contributed by atoms with E-state index in [9.17, 15) is 9.59 Å². The molecule has 82 valence electrons. The molecule has 0 aliphatic heterocycles. The Bertz CT molecular complexity index is 385. The number of carbonyl (C=O) groups is 2. The van der Waals surface area contributed by atoms with Crippen molar-refractivity contribution in [1.29, 1.82) is 0 Å². The molecule has 2 N–H and O–H groups in total. The molecule has 0 aromatic carbocycles. The van der Waals surface area contributed by atoms with Gasteiger partial charge in [0, 0.05) is 4.88 Å². The van der Waals surface area contributed by atoms with E-state index >= 15 is 0 Å². The van der Waals surface area contributed by atoms with Crippen LogP contribution >= 0.6 is 11.3 Å². The molecule has 0 radical (unpaired) electrons. The molecule has 0 aliphatic rings. The summed E-state index contributed by atoms with van der Waals surface area (Å²) in [5, 5.41) is 0.348. The van der Waals surface area contributed by atoms with Gasteiger partial charge in [-0.15, -0.1) is 11.3 Å². The number of esters is 2. The molecule has 0 atom stereocenters. The zero-order chi connectivity index (χ0) is 11.4. The van der Waals surface area contributed by atoms with Crippen LogP contribution in [0.15, 0.2) is 6.07 Å². The van der Waals surface area contributed by atoms with E-state index in [1.165, 1.54) is 25.6 Å². The van der Waals surface area contributed by atoms with Crippen molar-refractivity contribution in [3.05, 3.63) is 16.5 Å². The van der Waals surface area contributed by atoms with Gasteiger partial charge in [0.15, 0.2) is 0 Å². The summed E-state index contributed by atoms with van der Waals surface area (Å²) in [5.74, 6) is -0.868. The highest BCUT2D eigenvalue weighted by Crippen LogP contribution is 2.26. The highest BCUT2D eigenvalue weighted by molar-refractivity contribution is 7.16. The molecule has 0 saturated carbocycles. The quantitative estimate of drug-likeness (QED) is 0.777. The molecule has 1 rings (SSSR count). The Hall–Kier alpha value is -1.56. The summed E-state index contributed by atoms with van der Waals surface area (Å²) in [6.07, 6.45) is 0.113. The Balaban J connectivity index is 2.86. The number of carbonyl (C=O) groups excluding carboxylic acids is 2. The molecular weight excluding hydrogens is 218 g/mol. The van der Waals surface area contributed by atoms with E-state index in [-0.39, 0.29) is 12.4 Å². The molecule has 1 aromatic heterocycles. The van der Waals surface area contributed by atoms with E-state index in [0.717, 1.165) is 0 Å². The summed E-state index contributed by atoms with van der Waals surface area (Å²) in [4.78, 5) is 22.8. The van der Waals surface area contributed by atoms with Crippen LogP contribution in [0, 0.1) is 0 Å². The summed E-state index contributed by atoms with van der Waals surface area (Å²) in [7, 11) is 2.58. The molecule has 0 aliphatic carbocycles. The van der Waals surface area contributed by atoms with Gasteiger partial charge in [0.05, 0.1) is 26.2 Å². The molecule has 0 saturated heterocycles. The topological polar surface area (TPSA) is 78.6 Å². The van der Waals surface area contributed by atoms with Gasteiger partial charge in [-0.3, -0.25) is 4.79 Å². The van der Waals surface area contributed by atoms with Crippen LogP contribution in [0.5, 0.6) is 0 Å². The lowest BCUT2D eigenvalue weighted by molar-refractivity contribution is -0.139. The van der Waals surface area contributed by atoms with E-state index < -0.39 is 5.97 Å². The summed E-state index contributed by atoms with van der Waals surface area (Å²) < 4.78 is 9.03. The van der Waals surface area contributed by atoms with Gasteiger partial charge in [-0.2, -0.15) is 0 Å². The minimum absolute atomic E-state index is 0.113. The molecule has 15 heavy (non-hydrogen) atoms. The van der Waals surface area contributed by atoms with Crippen molar-refractivity contribution in [3.8, 4) is 0 Å². The third kappa shape index (κ3) is 2.69. The first-order chi connectivity index (χ1) is 7.08. The maximum Gasteiger partial charge on any atom is 0.340 e. The number of nitrogen functional groups attached to an aromatic ring is 1. The van der Waals surface area contributed by atoms with Crippen LogP contribution in [0.1, 0.15) is 15.2 Å². The SMILES string of the molecule is COC(=O)Cc1cc(C(=O)OC)c(N)s1. The minimum atomic E-state index is -0.500. The Morgan fingerprint density at radius 2 is 2.07 bits per heavy atom. The van der Waals surface area contributed by atoms with Crippen molar-refractivity contribution in [2.75, 3.05) is 20.0 Å². The number of methoxy groups -OCH3 is 2. The first-order valence-electron chi connectivity index (χ1n) is 4.11. The van der Waals surface area contributed by atoms with Gasteiger partial charge in [0.1, 0.15) is 5.00 Å². The van der Waals surface area contributed by atoms with Crippen molar-refractivity contribution in [2.24, 2.45) is 0 Å². The molecule has 0 bridgehead atoms. The van der Waals surface area contributed by atoms with Crippen LogP contribution in [0.2, 0.25) is 0 Å². The zero-order valence-corrected chi connectivity index (χ0v) is 9.22. The summed E-state index contributed by atoms with van der Waals surface area (Å²) >= 11 is 1.18. The zero-order valence-electron chi connectivity index (χ0n) is 8.40. The third-order valence-corrected chi connectivity index (χ3v) is 2.73. The van der Waals surface area contributed by atoms with Gasteiger partial charge >= 0.3 is 11.9 Å². The van der Waals surface area contributed by atoms with E-state index in [1.807, 2.05) is 0 Å². The number of hydrogen-bond donors (Lipinski definition) is 1. The van der Waals surface area contributed by atoms with Crippen molar-refractivity contribution >= 4 is 28.3 Å². The second-order valence-electron chi connectivity index (χ2n) is 2.74. The van der Waals surface area contributed by atoms with Gasteiger partial charge in [-0.05, 0) is 6.07 Å². The smallest absolute Gasteiger partial charge is 0.340 e. The number of nitrogens with two attached hydrogens (primary N) is 1. The average Bonchev–Trinajstić information content (AvgIpc) is 2.58. The van der Waals surface area contributed by atoms with Crippen molar-refractivity contribution in [2.45, 2.75) is 6.42 Å². The molecule has 6 heteroatoms. The maximum atomic E-state index is 11.2. The van der Waals surface area contributed by atoms with Crippen molar-refractivity contribution in [1.82, 2.24) is 0 Å². The Morgan fingerprint density at radius 1 is 1.40 bits per heavy atom. The minimum Gasteiger partial charge on any atom is -0.469 e. The fourth-order valence-corrected chi connectivity index (χ4v) is 1.93. The summed E-state index contributed by atoms with van der Waals surface area (Å²) in [6, 6.07) is 1.54. The van der Waals surface area contributed by atoms with Crippen molar-refractivity contribution in [3.63, 3.8) is 0 Å². The van der Waals surface area contributed by atoms with Gasteiger partial charge in [0.25, 0.3) is 0 Å². The lowest BCUT2D eigenvalue weighted by Gasteiger charge is -1.95. The van der Waals surface area contributed by atoms with Crippen molar-refractivity contribution < 1.29 is 19.1 Å². The fourth-order valence-electron chi connectivity index (χ4n) is 1.03. The molecule has 1 heterocycles. The fraction of sp³-hybridized carbons (Fsp3) is 0.333. The molecular formula is C9H11NO4S. The van der Waals surface area contributed by atoms with Crippen LogP contribution in [0.4, 0.5) is 5.00 Å². The Kier molecular flexibility index (Phi) is 3.68. The third-order valence-electron chi connectivity index (χ3n) is 1.76. The number of thiophene rings is 1. The molecule has 0 fully saturated rings. The highest BCUT2D eigenvalue weighted by Gasteiger charge is 2.15. The molecule has 5 nitrogen and oxygen atoms in total. The lowest BCUT2D eigenvalue weighted by atomic mass is 10.2. The Labute approximate surface area is 90.8 Å². The highest BCUT2D eigenvalue weighted by atomic mass is 32.1. The van der Waals surface area contributed by atoms with E-state index in [2.05, 4.69) is 9.47 Å². The average molecular weight is 229 g/mol. The van der Waals surface area contributed by atoms with Gasteiger partial charge < -0.3 is 15.2 Å². The number of rotatable bonds is 3. The van der Waals surface area contributed by atoms with Gasteiger partial charge in [-0.25, -0.2) is 4.79 Å². The van der Waals surface area contributed by atoms with Crippen LogP contribution < -0.4 is 5.73 Å². The number of anilines is 1. The number of ether oxygens (including phenoxy) is 2. The van der Waals surface area contributed by atoms with E-state index in [4.69, 9.17) is 5.73 Å². The standard InChI is InChI=1S/C9H11NO4S/c1-13-7(11)4-5-3-6(8(10)15-5)9(12)14-2/h3H,4,10H2,1-2H3. The van der Waals surface area contributed by atoms with E-state index in [0.29, 0.717) is 15.4 Å². The second-order valence-corrected chi connectivity index (χ2v) is 3.90.